The highest BCUT2D eigenvalue weighted by Gasteiger charge is 2.38. The Bertz CT molecular complexity index is 1180. The first-order valence-corrected chi connectivity index (χ1v) is 10.8. The number of rotatable bonds is 5. The predicted molar refractivity (Wildman–Crippen MR) is 119 cm³/mol. The summed E-state index contributed by atoms with van der Waals surface area (Å²) in [4.78, 5) is 26.6. The van der Waals surface area contributed by atoms with Crippen LogP contribution in [0.1, 0.15) is 47.3 Å². The van der Waals surface area contributed by atoms with Crippen LogP contribution in [0.2, 0.25) is 5.02 Å². The first-order valence-electron chi connectivity index (χ1n) is 10.5. The summed E-state index contributed by atoms with van der Waals surface area (Å²) in [5.41, 5.74) is 0.835. The van der Waals surface area contributed by atoms with Crippen molar-refractivity contribution in [1.29, 1.82) is 0 Å². The highest BCUT2D eigenvalue weighted by Crippen LogP contribution is 2.39. The van der Waals surface area contributed by atoms with E-state index < -0.39 is 17.1 Å². The third-order valence-corrected chi connectivity index (χ3v) is 6.42. The third-order valence-electron chi connectivity index (χ3n) is 6.17. The Labute approximate surface area is 189 Å². The summed E-state index contributed by atoms with van der Waals surface area (Å²) in [6, 6.07) is 13.7. The number of carbonyl (C=O) groups excluding carboxylic acids is 1. The molecule has 1 aliphatic heterocycles. The third kappa shape index (κ3) is 4.25. The molecule has 8 heteroatoms. The summed E-state index contributed by atoms with van der Waals surface area (Å²) in [5, 5.41) is 16.8. The van der Waals surface area contributed by atoms with Crippen molar-refractivity contribution in [2.45, 2.75) is 31.7 Å². The van der Waals surface area contributed by atoms with Crippen molar-refractivity contribution in [2.75, 3.05) is 6.54 Å². The number of nitrogens with zero attached hydrogens (tertiary/aromatic N) is 2. The average molecular weight is 456 g/mol. The number of aromatic amines is 1. The van der Waals surface area contributed by atoms with Gasteiger partial charge in [0.1, 0.15) is 5.82 Å². The van der Waals surface area contributed by atoms with Crippen molar-refractivity contribution in [2.24, 2.45) is 5.92 Å². The molecule has 1 saturated heterocycles. The van der Waals surface area contributed by atoms with Crippen LogP contribution in [0.5, 0.6) is 5.75 Å². The SMILES string of the molecule is C[C@H]([C@@H](c1ccc(Cl)cc1)c1cccc(F)c1)[C@H]1CCCN1C(=O)c1[nH]ncc(=O)c1O. The molecule has 3 aromatic rings. The lowest BCUT2D eigenvalue weighted by atomic mass is 9.77. The maximum Gasteiger partial charge on any atom is 0.276 e. The second kappa shape index (κ2) is 9.12. The van der Waals surface area contributed by atoms with Crippen LogP contribution in [0.3, 0.4) is 0 Å². The summed E-state index contributed by atoms with van der Waals surface area (Å²) >= 11 is 6.08. The van der Waals surface area contributed by atoms with Gasteiger partial charge in [0.05, 0.1) is 6.20 Å². The van der Waals surface area contributed by atoms with Gasteiger partial charge < -0.3 is 10.0 Å². The second-order valence-corrected chi connectivity index (χ2v) is 8.55. The van der Waals surface area contributed by atoms with Crippen molar-refractivity contribution in [3.05, 3.63) is 92.6 Å². The minimum atomic E-state index is -0.713. The maximum atomic E-state index is 14.1. The number of nitrogens with one attached hydrogen (secondary N) is 1. The molecule has 3 atom stereocenters. The lowest BCUT2D eigenvalue weighted by Crippen LogP contribution is -2.42. The number of halogens is 2. The zero-order valence-electron chi connectivity index (χ0n) is 17.5. The Morgan fingerprint density at radius 3 is 2.72 bits per heavy atom. The molecule has 1 aliphatic rings. The van der Waals surface area contributed by atoms with Gasteiger partial charge >= 0.3 is 0 Å². The molecular formula is C24H23ClFN3O3. The zero-order valence-corrected chi connectivity index (χ0v) is 18.2. The van der Waals surface area contributed by atoms with Gasteiger partial charge in [0.15, 0.2) is 11.4 Å². The Balaban J connectivity index is 1.71. The van der Waals surface area contributed by atoms with Gasteiger partial charge in [0, 0.05) is 23.5 Å². The van der Waals surface area contributed by atoms with Crippen LogP contribution in [0, 0.1) is 11.7 Å². The van der Waals surface area contributed by atoms with E-state index in [-0.39, 0.29) is 29.4 Å². The van der Waals surface area contributed by atoms with Crippen molar-refractivity contribution in [1.82, 2.24) is 15.1 Å². The fourth-order valence-electron chi connectivity index (χ4n) is 4.67. The number of aromatic nitrogens is 2. The quantitative estimate of drug-likeness (QED) is 0.599. The molecule has 2 aromatic carbocycles. The van der Waals surface area contributed by atoms with Crippen LogP contribution in [-0.2, 0) is 0 Å². The molecule has 2 N–H and O–H groups in total. The number of benzene rings is 2. The molecule has 4 rings (SSSR count). The number of hydrogen-bond donors (Lipinski definition) is 2. The van der Waals surface area contributed by atoms with E-state index in [4.69, 9.17) is 11.6 Å². The van der Waals surface area contributed by atoms with Crippen LogP contribution in [0.15, 0.2) is 59.5 Å². The Morgan fingerprint density at radius 2 is 2.00 bits per heavy atom. The molecule has 2 heterocycles. The molecule has 0 aliphatic carbocycles. The largest absolute Gasteiger partial charge is 0.502 e. The van der Waals surface area contributed by atoms with E-state index in [1.54, 1.807) is 23.1 Å². The van der Waals surface area contributed by atoms with Gasteiger partial charge in [0.25, 0.3) is 5.91 Å². The molecule has 1 amide bonds. The van der Waals surface area contributed by atoms with E-state index in [0.29, 0.717) is 11.6 Å². The molecule has 0 saturated carbocycles. The fraction of sp³-hybridized carbons (Fsp3) is 0.292. The topological polar surface area (TPSA) is 86.3 Å². The van der Waals surface area contributed by atoms with E-state index in [0.717, 1.165) is 30.2 Å². The summed E-state index contributed by atoms with van der Waals surface area (Å²) < 4.78 is 14.1. The molecule has 32 heavy (non-hydrogen) atoms. The molecule has 0 bridgehead atoms. The lowest BCUT2D eigenvalue weighted by Gasteiger charge is -2.35. The average Bonchev–Trinajstić information content (AvgIpc) is 3.27. The predicted octanol–water partition coefficient (Wildman–Crippen LogP) is 4.34. The molecule has 6 nitrogen and oxygen atoms in total. The highest BCUT2D eigenvalue weighted by molar-refractivity contribution is 6.30. The Hall–Kier alpha value is -3.19. The molecule has 0 spiro atoms. The van der Waals surface area contributed by atoms with E-state index in [2.05, 4.69) is 10.2 Å². The Kier molecular flexibility index (Phi) is 6.28. The summed E-state index contributed by atoms with van der Waals surface area (Å²) in [6.45, 7) is 2.52. The molecule has 1 aromatic heterocycles. The highest BCUT2D eigenvalue weighted by atomic mass is 35.5. The Morgan fingerprint density at radius 1 is 1.25 bits per heavy atom. The van der Waals surface area contributed by atoms with Crippen LogP contribution < -0.4 is 5.43 Å². The van der Waals surface area contributed by atoms with Crippen LogP contribution in [0.4, 0.5) is 4.39 Å². The number of likely N-dealkylation sites (tertiary alicyclic amines) is 1. The molecule has 0 unspecified atom stereocenters. The smallest absolute Gasteiger partial charge is 0.276 e. The van der Waals surface area contributed by atoms with E-state index in [1.165, 1.54) is 12.1 Å². The van der Waals surface area contributed by atoms with E-state index >= 15 is 0 Å². The van der Waals surface area contributed by atoms with Gasteiger partial charge in [-0.05, 0) is 54.2 Å². The summed E-state index contributed by atoms with van der Waals surface area (Å²) in [5.74, 6) is -1.72. The number of aromatic hydroxyl groups is 1. The molecule has 1 fully saturated rings. The standard InChI is InChI=1S/C24H23ClFN3O3/c1-14(19-6-3-11-29(19)24(32)22-23(31)20(30)13-27-28-22)21(15-7-9-17(25)10-8-15)16-4-2-5-18(26)12-16/h2,4-5,7-10,12-14,19,21H,3,6,11H2,1H3,(H,27,31)(H,28,30)/t14-,19+,21-/m0/s1. The van der Waals surface area contributed by atoms with Crippen molar-refractivity contribution in [3.63, 3.8) is 0 Å². The monoisotopic (exact) mass is 455 g/mol. The maximum absolute atomic E-state index is 14.1. The van der Waals surface area contributed by atoms with Gasteiger partial charge in [-0.25, -0.2) is 4.39 Å². The van der Waals surface area contributed by atoms with Gasteiger partial charge in [-0.15, -0.1) is 0 Å². The zero-order chi connectivity index (χ0) is 22.8. The lowest BCUT2D eigenvalue weighted by molar-refractivity contribution is 0.0675. The van der Waals surface area contributed by atoms with Gasteiger partial charge in [-0.1, -0.05) is 42.8 Å². The van der Waals surface area contributed by atoms with E-state index in [9.17, 15) is 19.1 Å². The molecule has 166 valence electrons. The second-order valence-electron chi connectivity index (χ2n) is 8.11. The van der Waals surface area contributed by atoms with Crippen molar-refractivity contribution in [3.8, 4) is 5.75 Å². The van der Waals surface area contributed by atoms with Crippen molar-refractivity contribution >= 4 is 17.5 Å². The van der Waals surface area contributed by atoms with Gasteiger partial charge in [-0.2, -0.15) is 5.10 Å². The van der Waals surface area contributed by atoms with Gasteiger partial charge in [-0.3, -0.25) is 14.7 Å². The van der Waals surface area contributed by atoms with Gasteiger partial charge in [0.2, 0.25) is 5.43 Å². The number of amides is 1. The van der Waals surface area contributed by atoms with E-state index in [1.807, 2.05) is 25.1 Å². The minimum absolute atomic E-state index is 0.0880. The first-order chi connectivity index (χ1) is 15.4. The summed E-state index contributed by atoms with van der Waals surface area (Å²) in [6.07, 6.45) is 2.46. The summed E-state index contributed by atoms with van der Waals surface area (Å²) in [7, 11) is 0. The first kappa shape index (κ1) is 22.0. The molecule has 0 radical (unpaired) electrons. The minimum Gasteiger partial charge on any atom is -0.502 e. The number of H-pyrrole nitrogens is 1. The fourth-order valence-corrected chi connectivity index (χ4v) is 4.79. The normalized spacial score (nSPS) is 17.8. The molecular weight excluding hydrogens is 433 g/mol. The van der Waals surface area contributed by atoms with Crippen molar-refractivity contribution < 1.29 is 14.3 Å². The van der Waals surface area contributed by atoms with Crippen LogP contribution >= 0.6 is 11.6 Å². The number of hydrogen-bond acceptors (Lipinski definition) is 4. The van der Waals surface area contributed by atoms with Crippen LogP contribution in [0.25, 0.3) is 0 Å². The van der Waals surface area contributed by atoms with Crippen LogP contribution in [-0.4, -0.2) is 38.7 Å². The number of carbonyl (C=O) groups is 1.